The minimum atomic E-state index is 0.678. The molecule has 1 fully saturated rings. The second-order valence-corrected chi connectivity index (χ2v) is 4.43. The van der Waals surface area contributed by atoms with E-state index in [4.69, 9.17) is 4.74 Å². The van der Waals surface area contributed by atoms with Gasteiger partial charge in [0.1, 0.15) is 11.5 Å². The highest BCUT2D eigenvalue weighted by Crippen LogP contribution is 2.32. The fourth-order valence-electron chi connectivity index (χ4n) is 2.02. The van der Waals surface area contributed by atoms with Gasteiger partial charge in [-0.25, -0.2) is 4.98 Å². The van der Waals surface area contributed by atoms with Gasteiger partial charge in [-0.15, -0.1) is 0 Å². The van der Waals surface area contributed by atoms with Crippen LogP contribution in [0.5, 0.6) is 5.88 Å². The van der Waals surface area contributed by atoms with Crippen molar-refractivity contribution in [3.05, 3.63) is 18.1 Å². The van der Waals surface area contributed by atoms with E-state index in [2.05, 4.69) is 20.7 Å². The van der Waals surface area contributed by atoms with Gasteiger partial charge in [0.2, 0.25) is 5.88 Å². The van der Waals surface area contributed by atoms with E-state index in [1.54, 1.807) is 7.11 Å². The molecule has 4 nitrogen and oxygen atoms in total. The molecule has 84 valence electrons. The van der Waals surface area contributed by atoms with Crippen LogP contribution in [0.2, 0.25) is 0 Å². The van der Waals surface area contributed by atoms with Crippen molar-refractivity contribution in [3.63, 3.8) is 0 Å². The molecule has 0 atom stereocenters. The molecule has 1 aliphatic rings. The Labute approximate surface area is 94.3 Å². The number of rotatable bonds is 3. The molecule has 0 radical (unpaired) electrons. The summed E-state index contributed by atoms with van der Waals surface area (Å²) in [4.78, 5) is 8.78. The van der Waals surface area contributed by atoms with Crippen LogP contribution in [0.15, 0.2) is 12.3 Å². The van der Waals surface area contributed by atoms with Gasteiger partial charge in [0.15, 0.2) is 0 Å². The Hall–Kier alpha value is -1.58. The van der Waals surface area contributed by atoms with Gasteiger partial charge in [-0.1, -0.05) is 0 Å². The predicted octanol–water partition coefficient (Wildman–Crippen LogP) is 2.16. The van der Waals surface area contributed by atoms with E-state index >= 15 is 0 Å². The van der Waals surface area contributed by atoms with Crippen LogP contribution in [0.1, 0.15) is 18.7 Å². The van der Waals surface area contributed by atoms with Crippen LogP contribution in [0, 0.1) is 12.8 Å². The van der Waals surface area contributed by atoms with Crippen LogP contribution in [-0.4, -0.2) is 21.6 Å². The predicted molar refractivity (Wildman–Crippen MR) is 61.5 cm³/mol. The molecule has 1 aliphatic carbocycles. The van der Waals surface area contributed by atoms with Crippen molar-refractivity contribution in [2.75, 3.05) is 7.11 Å². The first kappa shape index (κ1) is 9.63. The summed E-state index contributed by atoms with van der Waals surface area (Å²) in [6.07, 6.45) is 4.78. The highest BCUT2D eigenvalue weighted by Gasteiger charge is 2.23. The van der Waals surface area contributed by atoms with Gasteiger partial charge in [-0.05, 0) is 31.7 Å². The molecule has 0 unspecified atom stereocenters. The number of ether oxygens (including phenoxy) is 1. The van der Waals surface area contributed by atoms with E-state index < -0.39 is 0 Å². The highest BCUT2D eigenvalue weighted by atomic mass is 16.5. The van der Waals surface area contributed by atoms with Crippen molar-refractivity contribution in [3.8, 4) is 5.88 Å². The van der Waals surface area contributed by atoms with Crippen LogP contribution < -0.4 is 4.74 Å². The normalized spacial score (nSPS) is 15.6. The molecular weight excluding hydrogens is 202 g/mol. The zero-order chi connectivity index (χ0) is 11.1. The first-order valence-electron chi connectivity index (χ1n) is 5.65. The van der Waals surface area contributed by atoms with E-state index in [9.17, 15) is 0 Å². The Bertz CT molecular complexity index is 528. The quantitative estimate of drug-likeness (QED) is 0.791. The Morgan fingerprint density at radius 2 is 2.25 bits per heavy atom. The summed E-state index contributed by atoms with van der Waals surface area (Å²) in [6, 6.07) is 2.04. The summed E-state index contributed by atoms with van der Waals surface area (Å²) < 4.78 is 7.49. The third kappa shape index (κ3) is 1.54. The molecule has 2 aromatic rings. The second kappa shape index (κ2) is 3.47. The minimum absolute atomic E-state index is 0.678. The Balaban J connectivity index is 2.12. The molecule has 0 spiro atoms. The summed E-state index contributed by atoms with van der Waals surface area (Å²) in [5.41, 5.74) is 0.997. The van der Waals surface area contributed by atoms with Crippen LogP contribution >= 0.6 is 0 Å². The average Bonchev–Trinajstić information content (AvgIpc) is 3.00. The number of aromatic nitrogens is 3. The summed E-state index contributed by atoms with van der Waals surface area (Å²) in [5.74, 6) is 2.29. The molecule has 0 saturated heterocycles. The van der Waals surface area contributed by atoms with E-state index in [1.807, 2.05) is 13.0 Å². The van der Waals surface area contributed by atoms with Gasteiger partial charge in [0.05, 0.1) is 12.5 Å². The number of methoxy groups -OCH3 is 1. The van der Waals surface area contributed by atoms with E-state index in [0.717, 1.165) is 29.3 Å². The van der Waals surface area contributed by atoms with Gasteiger partial charge in [-0.2, -0.15) is 4.98 Å². The van der Waals surface area contributed by atoms with Crippen LogP contribution in [-0.2, 0) is 6.54 Å². The SMILES string of the molecule is COc1nc(C)nc2c1ccn2CC1CC1. The van der Waals surface area contributed by atoms with Crippen molar-refractivity contribution in [1.29, 1.82) is 0 Å². The molecule has 1 saturated carbocycles. The molecule has 16 heavy (non-hydrogen) atoms. The largest absolute Gasteiger partial charge is 0.480 e. The number of aryl methyl sites for hydroxylation is 1. The molecule has 0 bridgehead atoms. The monoisotopic (exact) mass is 217 g/mol. The lowest BCUT2D eigenvalue weighted by molar-refractivity contribution is 0.401. The fourth-order valence-corrected chi connectivity index (χ4v) is 2.02. The molecule has 0 amide bonds. The molecule has 4 heteroatoms. The molecule has 0 aromatic carbocycles. The third-order valence-corrected chi connectivity index (χ3v) is 3.04. The van der Waals surface area contributed by atoms with Gasteiger partial charge in [0.25, 0.3) is 0 Å². The second-order valence-electron chi connectivity index (χ2n) is 4.43. The summed E-state index contributed by atoms with van der Waals surface area (Å²) in [7, 11) is 1.65. The van der Waals surface area contributed by atoms with Crippen LogP contribution in [0.25, 0.3) is 11.0 Å². The molecular formula is C12H15N3O. The standard InChI is InChI=1S/C12H15N3O/c1-8-13-11-10(12(14-8)16-2)5-6-15(11)7-9-3-4-9/h5-6,9H,3-4,7H2,1-2H3. The fraction of sp³-hybridized carbons (Fsp3) is 0.500. The van der Waals surface area contributed by atoms with Gasteiger partial charge in [0, 0.05) is 12.7 Å². The number of fused-ring (bicyclic) bond motifs is 1. The van der Waals surface area contributed by atoms with E-state index in [0.29, 0.717) is 5.88 Å². The maximum Gasteiger partial charge on any atom is 0.226 e. The number of nitrogens with zero attached hydrogens (tertiary/aromatic N) is 3. The minimum Gasteiger partial charge on any atom is -0.480 e. The Morgan fingerprint density at radius 3 is 2.94 bits per heavy atom. The maximum absolute atomic E-state index is 5.28. The van der Waals surface area contributed by atoms with Crippen LogP contribution in [0.4, 0.5) is 0 Å². The lowest BCUT2D eigenvalue weighted by Gasteiger charge is -2.05. The molecule has 0 aliphatic heterocycles. The Morgan fingerprint density at radius 1 is 1.44 bits per heavy atom. The molecule has 2 heterocycles. The Kier molecular flexibility index (Phi) is 2.09. The summed E-state index contributed by atoms with van der Waals surface area (Å²) in [5, 5.41) is 1.01. The molecule has 0 N–H and O–H groups in total. The first-order chi connectivity index (χ1) is 7.78. The summed E-state index contributed by atoms with van der Waals surface area (Å²) in [6.45, 7) is 2.97. The third-order valence-electron chi connectivity index (χ3n) is 3.04. The van der Waals surface area contributed by atoms with Crippen molar-refractivity contribution in [1.82, 2.24) is 14.5 Å². The van der Waals surface area contributed by atoms with Gasteiger partial charge < -0.3 is 9.30 Å². The zero-order valence-corrected chi connectivity index (χ0v) is 9.60. The number of hydrogen-bond donors (Lipinski definition) is 0. The summed E-state index contributed by atoms with van der Waals surface area (Å²) >= 11 is 0. The first-order valence-corrected chi connectivity index (χ1v) is 5.65. The van der Waals surface area contributed by atoms with Crippen LogP contribution in [0.3, 0.4) is 0 Å². The highest BCUT2D eigenvalue weighted by molar-refractivity contribution is 5.81. The molecule has 2 aromatic heterocycles. The van der Waals surface area contributed by atoms with Gasteiger partial charge in [-0.3, -0.25) is 0 Å². The van der Waals surface area contributed by atoms with E-state index in [1.165, 1.54) is 12.8 Å². The van der Waals surface area contributed by atoms with Crippen molar-refractivity contribution < 1.29 is 4.74 Å². The lowest BCUT2D eigenvalue weighted by atomic mass is 10.4. The van der Waals surface area contributed by atoms with Crippen molar-refractivity contribution >= 4 is 11.0 Å². The average molecular weight is 217 g/mol. The topological polar surface area (TPSA) is 39.9 Å². The van der Waals surface area contributed by atoms with Gasteiger partial charge >= 0.3 is 0 Å². The molecule has 3 rings (SSSR count). The van der Waals surface area contributed by atoms with E-state index in [-0.39, 0.29) is 0 Å². The number of hydrogen-bond acceptors (Lipinski definition) is 3. The smallest absolute Gasteiger partial charge is 0.226 e. The van der Waals surface area contributed by atoms with Crippen molar-refractivity contribution in [2.24, 2.45) is 5.92 Å². The zero-order valence-electron chi connectivity index (χ0n) is 9.60. The lowest BCUT2D eigenvalue weighted by Crippen LogP contribution is -2.01. The maximum atomic E-state index is 5.28. The van der Waals surface area contributed by atoms with Crippen molar-refractivity contribution in [2.45, 2.75) is 26.3 Å².